The highest BCUT2D eigenvalue weighted by molar-refractivity contribution is 7.00. The van der Waals surface area contributed by atoms with Crippen molar-refractivity contribution in [2.24, 2.45) is 0 Å². The van der Waals surface area contributed by atoms with E-state index in [1.807, 2.05) is 0 Å². The van der Waals surface area contributed by atoms with Crippen LogP contribution in [-0.4, -0.2) is 13.1 Å². The van der Waals surface area contributed by atoms with Crippen molar-refractivity contribution < 1.29 is 4.57 Å². The Hall–Kier alpha value is 0.0600. The molecule has 1 heterocycles. The minimum absolute atomic E-state index is 1.25. The van der Waals surface area contributed by atoms with E-state index in [-0.39, 0.29) is 0 Å². The number of hydrogen-bond acceptors (Lipinski definition) is 2. The van der Waals surface area contributed by atoms with Crippen LogP contribution in [0.2, 0.25) is 0 Å². The fraction of sp³-hybridized carbons (Fsp3) is 1.00. The summed E-state index contributed by atoms with van der Waals surface area (Å²) < 4.78 is 7.94. The predicted molar refractivity (Wildman–Crippen MR) is 20.5 cm³/mol. The largest absolute Gasteiger partial charge is 0.314 e. The first-order valence-electron chi connectivity index (χ1n) is 1.39. The lowest BCUT2D eigenvalue weighted by atomic mass is 11.0. The van der Waals surface area contributed by atoms with Crippen LogP contribution in [0.25, 0.3) is 0 Å². The molecule has 1 aliphatic heterocycles. The average Bonchev–Trinajstić information content (AvgIpc) is 2.19. The molecule has 0 unspecified atom stereocenters. The van der Waals surface area contributed by atoms with Gasteiger partial charge in [-0.1, -0.05) is 0 Å². The van der Waals surface area contributed by atoms with E-state index < -0.39 is 0 Å². The summed E-state index contributed by atoms with van der Waals surface area (Å²) in [5, 5.41) is 3.00. The zero-order chi connectivity index (χ0) is 4.12. The Bertz CT molecular complexity index is 20.9. The summed E-state index contributed by atoms with van der Waals surface area (Å²) in [7, 11) is 2.28. The second kappa shape index (κ2) is 4.06. The molecule has 0 aromatic heterocycles. The van der Waals surface area contributed by atoms with Crippen molar-refractivity contribution in [3.05, 3.63) is 0 Å². The molecule has 29 valence electrons. The molecule has 1 radical (unpaired) electrons. The van der Waals surface area contributed by atoms with E-state index in [1.165, 1.54) is 13.1 Å². The third-order valence-corrected chi connectivity index (χ3v) is 0.250. The van der Waals surface area contributed by atoms with Gasteiger partial charge in [0, 0.05) is 13.1 Å². The first-order chi connectivity index (χ1) is 2.50. The van der Waals surface area contributed by atoms with Gasteiger partial charge >= 0.3 is 0 Å². The highest BCUT2D eigenvalue weighted by atomic mass is 31.0. The first kappa shape index (κ1) is 5.06. The fourth-order valence-corrected chi connectivity index (χ4v) is 0. The van der Waals surface area contributed by atoms with E-state index in [0.29, 0.717) is 0 Å². The van der Waals surface area contributed by atoms with Gasteiger partial charge in [0.25, 0.3) is 9.12 Å². The highest BCUT2D eigenvalue weighted by Crippen LogP contribution is 1.65. The molecule has 1 rings (SSSR count). The Morgan fingerprint density at radius 2 is 1.60 bits per heavy atom. The number of rotatable bonds is 0. The average molecular weight is 90.0 g/mol. The van der Waals surface area contributed by atoms with E-state index in [2.05, 4.69) is 14.4 Å². The van der Waals surface area contributed by atoms with Crippen molar-refractivity contribution >= 4 is 9.12 Å². The van der Waals surface area contributed by atoms with Crippen LogP contribution in [0.4, 0.5) is 0 Å². The maximum Gasteiger partial charge on any atom is 0.261 e. The lowest BCUT2D eigenvalue weighted by Crippen LogP contribution is -1.56. The van der Waals surface area contributed by atoms with Gasteiger partial charge in [0.2, 0.25) is 0 Å². The molecule has 0 aliphatic carbocycles. The molecule has 0 amide bonds. The summed E-state index contributed by atoms with van der Waals surface area (Å²) in [4.78, 5) is 0. The van der Waals surface area contributed by atoms with Gasteiger partial charge in [-0.05, 0) is 0 Å². The summed E-state index contributed by atoms with van der Waals surface area (Å²) in [6, 6.07) is 0. The SMILES string of the molecule is C1CN1.O=[P]. The van der Waals surface area contributed by atoms with Crippen LogP contribution in [0.15, 0.2) is 0 Å². The van der Waals surface area contributed by atoms with E-state index in [1.54, 1.807) is 0 Å². The van der Waals surface area contributed by atoms with Gasteiger partial charge in [0.15, 0.2) is 0 Å². The standard InChI is InChI=1S/C2H5N.OP/c1-2-3-1;1-2/h3H,1-2H2;. The van der Waals surface area contributed by atoms with Gasteiger partial charge in [-0.3, -0.25) is 4.57 Å². The summed E-state index contributed by atoms with van der Waals surface area (Å²) in [6.07, 6.45) is 0. The monoisotopic (exact) mass is 90.0 g/mol. The van der Waals surface area contributed by atoms with Crippen molar-refractivity contribution in [1.29, 1.82) is 0 Å². The fourth-order valence-electron chi connectivity index (χ4n) is 0. The lowest BCUT2D eigenvalue weighted by molar-refractivity contribution is 0.607. The maximum absolute atomic E-state index is 7.94. The Kier molecular flexibility index (Phi) is 4.11. The van der Waals surface area contributed by atoms with E-state index in [0.717, 1.165) is 0 Å². The van der Waals surface area contributed by atoms with E-state index >= 15 is 0 Å². The Balaban J connectivity index is 0.0000000733. The Labute approximate surface area is 33.2 Å². The third kappa shape index (κ3) is 15.3. The van der Waals surface area contributed by atoms with Gasteiger partial charge in [0.1, 0.15) is 0 Å². The van der Waals surface area contributed by atoms with Gasteiger partial charge in [-0.25, -0.2) is 0 Å². The quantitative estimate of drug-likeness (QED) is 0.344. The molecule has 0 aromatic carbocycles. The summed E-state index contributed by atoms with van der Waals surface area (Å²) in [5.74, 6) is 0. The topological polar surface area (TPSA) is 39.0 Å². The molecule has 0 aromatic rings. The zero-order valence-electron chi connectivity index (χ0n) is 2.77. The van der Waals surface area contributed by atoms with E-state index in [9.17, 15) is 0 Å². The Morgan fingerprint density at radius 1 is 1.40 bits per heavy atom. The third-order valence-electron chi connectivity index (χ3n) is 0.250. The van der Waals surface area contributed by atoms with Crippen molar-refractivity contribution in [3.8, 4) is 0 Å². The molecule has 1 N–H and O–H groups in total. The van der Waals surface area contributed by atoms with E-state index in [4.69, 9.17) is 4.57 Å². The van der Waals surface area contributed by atoms with Crippen LogP contribution in [0.5, 0.6) is 0 Å². The van der Waals surface area contributed by atoms with Crippen LogP contribution in [-0.2, 0) is 4.57 Å². The van der Waals surface area contributed by atoms with Crippen molar-refractivity contribution in [2.75, 3.05) is 13.1 Å². The van der Waals surface area contributed by atoms with Gasteiger partial charge in [-0.2, -0.15) is 0 Å². The smallest absolute Gasteiger partial charge is 0.261 e. The van der Waals surface area contributed by atoms with Crippen LogP contribution in [0, 0.1) is 0 Å². The molecule has 0 bridgehead atoms. The minimum atomic E-state index is 1.25. The molecule has 1 aliphatic rings. The van der Waals surface area contributed by atoms with Crippen LogP contribution < -0.4 is 5.32 Å². The molecule has 0 atom stereocenters. The maximum atomic E-state index is 7.94. The van der Waals surface area contributed by atoms with Crippen molar-refractivity contribution in [2.45, 2.75) is 0 Å². The summed E-state index contributed by atoms with van der Waals surface area (Å²) >= 11 is 0. The van der Waals surface area contributed by atoms with Crippen LogP contribution >= 0.6 is 9.12 Å². The molecule has 5 heavy (non-hydrogen) atoms. The summed E-state index contributed by atoms with van der Waals surface area (Å²) in [5.41, 5.74) is 0. The zero-order valence-corrected chi connectivity index (χ0v) is 3.66. The van der Waals surface area contributed by atoms with Crippen LogP contribution in [0.3, 0.4) is 0 Å². The Morgan fingerprint density at radius 3 is 1.60 bits per heavy atom. The van der Waals surface area contributed by atoms with Crippen molar-refractivity contribution in [3.63, 3.8) is 0 Å². The van der Waals surface area contributed by atoms with Crippen LogP contribution in [0.1, 0.15) is 0 Å². The van der Waals surface area contributed by atoms with Gasteiger partial charge in [-0.15, -0.1) is 0 Å². The second-order valence-electron chi connectivity index (χ2n) is 0.750. The number of hydrogen-bond donors (Lipinski definition) is 1. The molecule has 0 saturated carbocycles. The molecule has 1 saturated heterocycles. The molecule has 1 fully saturated rings. The predicted octanol–water partition coefficient (Wildman–Crippen LogP) is 0.332. The normalized spacial score (nSPS) is 15.2. The molecule has 0 spiro atoms. The van der Waals surface area contributed by atoms with Crippen molar-refractivity contribution in [1.82, 2.24) is 5.32 Å². The van der Waals surface area contributed by atoms with Gasteiger partial charge in [0.05, 0.1) is 0 Å². The molecular weight excluding hydrogens is 85.0 g/mol. The highest BCUT2D eigenvalue weighted by Gasteiger charge is 1.91. The molecular formula is C2H5NOP. The minimum Gasteiger partial charge on any atom is -0.314 e. The first-order valence-corrected chi connectivity index (χ1v) is 1.75. The molecule has 3 heteroatoms. The molecule has 2 nitrogen and oxygen atoms in total. The second-order valence-corrected chi connectivity index (χ2v) is 0.750. The van der Waals surface area contributed by atoms with Gasteiger partial charge < -0.3 is 5.32 Å². The number of nitrogens with one attached hydrogen (secondary N) is 1. The lowest BCUT2D eigenvalue weighted by Gasteiger charge is -1.21. The summed E-state index contributed by atoms with van der Waals surface area (Å²) in [6.45, 7) is 2.50.